The van der Waals surface area contributed by atoms with Gasteiger partial charge in [-0.1, -0.05) is 12.2 Å². The molecule has 1 aromatic rings. The summed E-state index contributed by atoms with van der Waals surface area (Å²) in [5.41, 5.74) is -0.107. The van der Waals surface area contributed by atoms with Crippen molar-refractivity contribution in [1.29, 1.82) is 0 Å². The Morgan fingerprint density at radius 2 is 2.25 bits per heavy atom. The number of amides is 1. The summed E-state index contributed by atoms with van der Waals surface area (Å²) >= 11 is 0. The number of hydrogen-bond donors (Lipinski definition) is 1. The summed E-state index contributed by atoms with van der Waals surface area (Å²) < 4.78 is 5.22. The quantitative estimate of drug-likeness (QED) is 0.397. The van der Waals surface area contributed by atoms with Crippen molar-refractivity contribution >= 4 is 23.3 Å². The molecule has 1 aromatic carbocycles. The maximum Gasteiger partial charge on any atom is 0.310 e. The topological polar surface area (TPSA) is 98.5 Å². The van der Waals surface area contributed by atoms with Crippen LogP contribution in [0.15, 0.2) is 30.4 Å². The molecule has 1 N–H and O–H groups in total. The van der Waals surface area contributed by atoms with E-state index in [9.17, 15) is 19.7 Å². The molecule has 2 bridgehead atoms. The Morgan fingerprint density at radius 3 is 2.96 bits per heavy atom. The first-order valence-corrected chi connectivity index (χ1v) is 7.95. The van der Waals surface area contributed by atoms with Gasteiger partial charge in [0.1, 0.15) is 0 Å². The standard InChI is InChI=1S/C17H16N2O5/c1-2-24-15(20)14-9-3-4-10(7-9)17(14)12-8-11(19(22)23)5-6-13(12)18-16(17)21/h3-6,8-10,14H,2,7H2,1H3,(H,18,21)/t9-,10+,14?,17?/m1/s1. The number of ether oxygens (including phenoxy) is 1. The van der Waals surface area contributed by atoms with E-state index in [2.05, 4.69) is 5.32 Å². The maximum atomic E-state index is 12.9. The number of rotatable bonds is 3. The van der Waals surface area contributed by atoms with E-state index in [1.54, 1.807) is 6.92 Å². The third-order valence-electron chi connectivity index (χ3n) is 5.44. The molecule has 7 nitrogen and oxygen atoms in total. The molecule has 1 aliphatic heterocycles. The van der Waals surface area contributed by atoms with Crippen LogP contribution in [-0.4, -0.2) is 23.4 Å². The molecule has 0 aromatic heterocycles. The molecule has 0 saturated heterocycles. The van der Waals surface area contributed by atoms with Gasteiger partial charge < -0.3 is 10.1 Å². The number of nitrogens with one attached hydrogen (secondary N) is 1. The van der Waals surface area contributed by atoms with Crippen LogP contribution in [0.4, 0.5) is 11.4 Å². The van der Waals surface area contributed by atoms with Crippen LogP contribution < -0.4 is 5.32 Å². The number of anilines is 1. The number of nitro groups is 1. The highest BCUT2D eigenvalue weighted by atomic mass is 16.6. The van der Waals surface area contributed by atoms with E-state index >= 15 is 0 Å². The minimum absolute atomic E-state index is 0.0787. The molecule has 24 heavy (non-hydrogen) atoms. The van der Waals surface area contributed by atoms with E-state index in [1.807, 2.05) is 12.2 Å². The number of esters is 1. The van der Waals surface area contributed by atoms with E-state index in [0.29, 0.717) is 17.7 Å². The van der Waals surface area contributed by atoms with Crippen molar-refractivity contribution in [3.63, 3.8) is 0 Å². The highest BCUT2D eigenvalue weighted by molar-refractivity contribution is 6.10. The summed E-state index contributed by atoms with van der Waals surface area (Å²) in [5, 5.41) is 14.0. The van der Waals surface area contributed by atoms with Crippen LogP contribution in [0.1, 0.15) is 18.9 Å². The fraction of sp³-hybridized carbons (Fsp3) is 0.412. The number of hydrogen-bond acceptors (Lipinski definition) is 5. The second kappa shape index (κ2) is 4.90. The fourth-order valence-electron chi connectivity index (χ4n) is 4.60. The number of carbonyl (C=O) groups is 2. The number of benzene rings is 1. The molecule has 1 amide bonds. The highest BCUT2D eigenvalue weighted by Gasteiger charge is 2.67. The van der Waals surface area contributed by atoms with Crippen molar-refractivity contribution in [1.82, 2.24) is 0 Å². The minimum atomic E-state index is -1.10. The summed E-state index contributed by atoms with van der Waals surface area (Å²) in [6.45, 7) is 1.96. The Hall–Kier alpha value is -2.70. The van der Waals surface area contributed by atoms with Crippen molar-refractivity contribution in [2.75, 3.05) is 11.9 Å². The van der Waals surface area contributed by atoms with Crippen LogP contribution in [0, 0.1) is 27.9 Å². The first-order valence-electron chi connectivity index (χ1n) is 7.95. The molecule has 124 valence electrons. The second-order valence-electron chi connectivity index (χ2n) is 6.43. The van der Waals surface area contributed by atoms with Crippen LogP contribution >= 0.6 is 0 Å². The molecule has 1 fully saturated rings. The first-order chi connectivity index (χ1) is 11.5. The van der Waals surface area contributed by atoms with Crippen LogP contribution in [-0.2, 0) is 19.7 Å². The van der Waals surface area contributed by atoms with Crippen LogP contribution in [0.3, 0.4) is 0 Å². The number of allylic oxidation sites excluding steroid dienone is 2. The predicted octanol–water partition coefficient (Wildman–Crippen LogP) is 2.17. The highest BCUT2D eigenvalue weighted by Crippen LogP contribution is 2.61. The van der Waals surface area contributed by atoms with Crippen molar-refractivity contribution in [2.45, 2.75) is 18.8 Å². The molecular weight excluding hydrogens is 312 g/mol. The third kappa shape index (κ3) is 1.67. The van der Waals surface area contributed by atoms with Crippen molar-refractivity contribution < 1.29 is 19.2 Å². The van der Waals surface area contributed by atoms with Gasteiger partial charge in [0.2, 0.25) is 5.91 Å². The second-order valence-corrected chi connectivity index (χ2v) is 6.43. The van der Waals surface area contributed by atoms with E-state index in [1.165, 1.54) is 18.2 Å². The summed E-state index contributed by atoms with van der Waals surface area (Å²) in [4.78, 5) is 36.2. The molecule has 2 aliphatic carbocycles. The van der Waals surface area contributed by atoms with Gasteiger partial charge in [0.15, 0.2) is 0 Å². The first kappa shape index (κ1) is 14.9. The zero-order chi connectivity index (χ0) is 17.1. The normalized spacial score (nSPS) is 32.0. The average molecular weight is 328 g/mol. The van der Waals surface area contributed by atoms with Gasteiger partial charge in [-0.05, 0) is 36.8 Å². The lowest BCUT2D eigenvalue weighted by atomic mass is 9.64. The predicted molar refractivity (Wildman–Crippen MR) is 84.3 cm³/mol. The Labute approximate surface area is 137 Å². The van der Waals surface area contributed by atoms with E-state index in [0.717, 1.165) is 0 Å². The average Bonchev–Trinajstić information content (AvgIpc) is 3.21. The largest absolute Gasteiger partial charge is 0.466 e. The number of non-ortho nitro benzene ring substituents is 1. The SMILES string of the molecule is CCOC(=O)C1[C@@H]2C=C[C@@H](C2)C12C(=O)Nc1ccc([N+](=O)[O-])cc12. The Morgan fingerprint density at radius 1 is 1.46 bits per heavy atom. The zero-order valence-electron chi connectivity index (χ0n) is 13.0. The van der Waals surface area contributed by atoms with Crippen LogP contribution in [0.25, 0.3) is 0 Å². The number of fused-ring (bicyclic) bond motifs is 5. The van der Waals surface area contributed by atoms with E-state index in [-0.39, 0.29) is 30.0 Å². The van der Waals surface area contributed by atoms with E-state index in [4.69, 9.17) is 4.74 Å². The molecule has 1 saturated carbocycles. The van der Waals surface area contributed by atoms with Crippen molar-refractivity contribution in [2.24, 2.45) is 17.8 Å². The number of nitrogens with zero attached hydrogens (tertiary/aromatic N) is 1. The summed E-state index contributed by atoms with van der Waals surface area (Å²) in [6.07, 6.45) is 4.59. The monoisotopic (exact) mass is 328 g/mol. The Bertz CT molecular complexity index is 802. The van der Waals surface area contributed by atoms with Crippen LogP contribution in [0.2, 0.25) is 0 Å². The zero-order valence-corrected chi connectivity index (χ0v) is 13.0. The molecule has 4 rings (SSSR count). The van der Waals surface area contributed by atoms with Gasteiger partial charge in [0, 0.05) is 17.8 Å². The van der Waals surface area contributed by atoms with Gasteiger partial charge in [-0.15, -0.1) is 0 Å². The van der Waals surface area contributed by atoms with E-state index < -0.39 is 22.2 Å². The van der Waals surface area contributed by atoms with Crippen LogP contribution in [0.5, 0.6) is 0 Å². The third-order valence-corrected chi connectivity index (χ3v) is 5.44. The van der Waals surface area contributed by atoms with Gasteiger partial charge >= 0.3 is 5.97 Å². The lowest BCUT2D eigenvalue weighted by Crippen LogP contribution is -2.48. The lowest BCUT2D eigenvalue weighted by molar-refractivity contribution is -0.384. The summed E-state index contributed by atoms with van der Waals surface area (Å²) in [6, 6.07) is 4.33. The smallest absolute Gasteiger partial charge is 0.310 e. The minimum Gasteiger partial charge on any atom is -0.466 e. The molecule has 1 heterocycles. The van der Waals surface area contributed by atoms with Gasteiger partial charge in [0.25, 0.3) is 5.69 Å². The molecule has 7 heteroatoms. The molecular formula is C17H16N2O5. The molecule has 3 aliphatic rings. The summed E-state index contributed by atoms with van der Waals surface area (Å²) in [5.74, 6) is -1.56. The molecule has 0 radical (unpaired) electrons. The van der Waals surface area contributed by atoms with Crippen molar-refractivity contribution in [3.05, 3.63) is 46.0 Å². The molecule has 2 unspecified atom stereocenters. The molecule has 1 spiro atoms. The van der Waals surface area contributed by atoms with Gasteiger partial charge in [-0.2, -0.15) is 0 Å². The fourth-order valence-corrected chi connectivity index (χ4v) is 4.60. The van der Waals surface area contributed by atoms with Gasteiger partial charge in [-0.25, -0.2) is 0 Å². The maximum absolute atomic E-state index is 12.9. The number of nitro benzene ring substituents is 1. The van der Waals surface area contributed by atoms with Gasteiger partial charge in [0.05, 0.1) is 22.9 Å². The molecule has 4 atom stereocenters. The Balaban J connectivity index is 1.92. The Kier molecular flexibility index (Phi) is 3.03. The lowest BCUT2D eigenvalue weighted by Gasteiger charge is -2.35. The summed E-state index contributed by atoms with van der Waals surface area (Å²) in [7, 11) is 0. The number of carbonyl (C=O) groups excluding carboxylic acids is 2. The van der Waals surface area contributed by atoms with Gasteiger partial charge in [-0.3, -0.25) is 19.7 Å². The van der Waals surface area contributed by atoms with Crippen molar-refractivity contribution in [3.8, 4) is 0 Å².